The van der Waals surface area contributed by atoms with Crippen molar-refractivity contribution in [1.29, 1.82) is 0 Å². The van der Waals surface area contributed by atoms with Crippen molar-refractivity contribution in [2.24, 2.45) is 0 Å². The summed E-state index contributed by atoms with van der Waals surface area (Å²) in [6.07, 6.45) is 0. The van der Waals surface area contributed by atoms with Gasteiger partial charge in [0.15, 0.2) is 0 Å². The van der Waals surface area contributed by atoms with Crippen LogP contribution in [0.4, 0.5) is 10.1 Å². The van der Waals surface area contributed by atoms with Crippen molar-refractivity contribution in [3.8, 4) is 0 Å². The molecule has 0 aromatic heterocycles. The molecule has 5 heteroatoms. The van der Waals surface area contributed by atoms with E-state index in [1.54, 1.807) is 0 Å². The number of anilines is 1. The number of imide groups is 1. The van der Waals surface area contributed by atoms with E-state index in [1.165, 1.54) is 36.0 Å². The average Bonchev–Trinajstić information content (AvgIpc) is 2.82. The second-order valence-electron chi connectivity index (χ2n) is 5.86. The van der Waals surface area contributed by atoms with Crippen LogP contribution in [0.3, 0.4) is 0 Å². The third-order valence-corrected chi connectivity index (χ3v) is 5.17. The van der Waals surface area contributed by atoms with E-state index in [2.05, 4.69) is 0 Å². The Hall–Kier alpha value is -2.40. The summed E-state index contributed by atoms with van der Waals surface area (Å²) >= 11 is 1.36. The fourth-order valence-corrected chi connectivity index (χ4v) is 3.62. The van der Waals surface area contributed by atoms with E-state index < -0.39 is 5.82 Å². The Balaban J connectivity index is 2.10. The molecule has 3 nitrogen and oxygen atoms in total. The molecule has 1 aliphatic heterocycles. The van der Waals surface area contributed by atoms with Crippen LogP contribution in [0.1, 0.15) is 23.6 Å². The quantitative estimate of drug-likeness (QED) is 0.759. The molecule has 0 radical (unpaired) electrons. The van der Waals surface area contributed by atoms with Crippen LogP contribution in [-0.2, 0) is 9.59 Å². The highest BCUT2D eigenvalue weighted by molar-refractivity contribution is 8.04. The highest BCUT2D eigenvalue weighted by Crippen LogP contribution is 2.38. The van der Waals surface area contributed by atoms with Crippen molar-refractivity contribution in [2.75, 3.05) is 10.7 Å². The van der Waals surface area contributed by atoms with Crippen molar-refractivity contribution < 1.29 is 14.0 Å². The van der Waals surface area contributed by atoms with E-state index >= 15 is 0 Å². The largest absolute Gasteiger partial charge is 0.272 e. The first kappa shape index (κ1) is 17.4. The number of carbonyl (C=O) groups is 2. The van der Waals surface area contributed by atoms with Crippen molar-refractivity contribution in [3.63, 3.8) is 0 Å². The van der Waals surface area contributed by atoms with E-state index in [9.17, 15) is 14.0 Å². The van der Waals surface area contributed by atoms with E-state index in [4.69, 9.17) is 0 Å². The van der Waals surface area contributed by atoms with Crippen LogP contribution in [0, 0.1) is 19.7 Å². The lowest BCUT2D eigenvalue weighted by molar-refractivity contribution is -0.119. The molecule has 0 spiro atoms. The molecule has 128 valence electrons. The standard InChI is InChI=1S/C20H18FNO2S/c1-4-25-18-17(14-6-5-12(2)13(3)11-14)19(23)22(20(18)24)16-9-7-15(21)8-10-16/h5-11H,4H2,1-3H3. The highest BCUT2D eigenvalue weighted by atomic mass is 32.2. The monoisotopic (exact) mass is 355 g/mol. The van der Waals surface area contributed by atoms with Crippen LogP contribution >= 0.6 is 11.8 Å². The topological polar surface area (TPSA) is 37.4 Å². The molecule has 1 aliphatic rings. The summed E-state index contributed by atoms with van der Waals surface area (Å²) in [5.74, 6) is -0.444. The summed E-state index contributed by atoms with van der Waals surface area (Å²) in [4.78, 5) is 27.5. The molecule has 0 atom stereocenters. The van der Waals surface area contributed by atoms with Crippen LogP contribution in [0.15, 0.2) is 47.4 Å². The predicted octanol–water partition coefficient (Wildman–Crippen LogP) is 4.48. The summed E-state index contributed by atoms with van der Waals surface area (Å²) in [7, 11) is 0. The minimum Gasteiger partial charge on any atom is -0.268 e. The summed E-state index contributed by atoms with van der Waals surface area (Å²) < 4.78 is 13.2. The van der Waals surface area contributed by atoms with E-state index in [0.717, 1.165) is 21.6 Å². The second kappa shape index (κ2) is 6.84. The van der Waals surface area contributed by atoms with Gasteiger partial charge in [-0.25, -0.2) is 9.29 Å². The predicted molar refractivity (Wildman–Crippen MR) is 99.9 cm³/mol. The Morgan fingerprint density at radius 2 is 1.64 bits per heavy atom. The molecule has 0 bridgehead atoms. The molecule has 2 amide bonds. The van der Waals surface area contributed by atoms with E-state index in [-0.39, 0.29) is 11.8 Å². The minimum absolute atomic E-state index is 0.350. The Kier molecular flexibility index (Phi) is 4.77. The van der Waals surface area contributed by atoms with Crippen LogP contribution in [0.2, 0.25) is 0 Å². The number of rotatable bonds is 4. The molecule has 3 rings (SSSR count). The maximum Gasteiger partial charge on any atom is 0.272 e. The van der Waals surface area contributed by atoms with Crippen molar-refractivity contribution in [3.05, 3.63) is 69.9 Å². The van der Waals surface area contributed by atoms with E-state index in [1.807, 2.05) is 39.0 Å². The third kappa shape index (κ3) is 3.12. The van der Waals surface area contributed by atoms with Gasteiger partial charge >= 0.3 is 0 Å². The van der Waals surface area contributed by atoms with Crippen molar-refractivity contribution >= 4 is 34.8 Å². The van der Waals surface area contributed by atoms with Crippen LogP contribution in [-0.4, -0.2) is 17.6 Å². The number of nitrogens with zero attached hydrogens (tertiary/aromatic N) is 1. The summed E-state index contributed by atoms with van der Waals surface area (Å²) in [5.41, 5.74) is 3.73. The molecule has 0 saturated heterocycles. The SMILES string of the molecule is CCSC1=C(c2ccc(C)c(C)c2)C(=O)N(c2ccc(F)cc2)C1=O. The van der Waals surface area contributed by atoms with Crippen molar-refractivity contribution in [1.82, 2.24) is 0 Å². The molecule has 0 N–H and O–H groups in total. The van der Waals surface area contributed by atoms with Crippen LogP contribution in [0.5, 0.6) is 0 Å². The zero-order valence-corrected chi connectivity index (χ0v) is 15.1. The van der Waals surface area contributed by atoms with Gasteiger partial charge in [-0.15, -0.1) is 11.8 Å². The van der Waals surface area contributed by atoms with Gasteiger partial charge < -0.3 is 0 Å². The number of aryl methyl sites for hydroxylation is 2. The van der Waals surface area contributed by atoms with Crippen molar-refractivity contribution in [2.45, 2.75) is 20.8 Å². The van der Waals surface area contributed by atoms with Gasteiger partial charge in [-0.05, 0) is 60.6 Å². The van der Waals surface area contributed by atoms with Crippen LogP contribution in [0.25, 0.3) is 5.57 Å². The molecule has 0 unspecified atom stereocenters. The summed E-state index contributed by atoms with van der Waals surface area (Å²) in [5, 5.41) is 0. The highest BCUT2D eigenvalue weighted by Gasteiger charge is 2.40. The van der Waals surface area contributed by atoms with Gasteiger partial charge in [-0.2, -0.15) is 0 Å². The summed E-state index contributed by atoms with van der Waals surface area (Å²) in [6, 6.07) is 11.1. The molecule has 2 aromatic carbocycles. The fourth-order valence-electron chi connectivity index (χ4n) is 2.76. The van der Waals surface area contributed by atoms with Gasteiger partial charge in [0.2, 0.25) is 0 Å². The molecule has 0 fully saturated rings. The van der Waals surface area contributed by atoms with E-state index in [0.29, 0.717) is 21.9 Å². The zero-order valence-electron chi connectivity index (χ0n) is 14.3. The number of hydrogen-bond acceptors (Lipinski definition) is 3. The Morgan fingerprint density at radius 3 is 2.24 bits per heavy atom. The van der Waals surface area contributed by atoms with Gasteiger partial charge in [0.1, 0.15) is 5.82 Å². The van der Waals surface area contributed by atoms with Gasteiger partial charge in [0.25, 0.3) is 11.8 Å². The zero-order chi connectivity index (χ0) is 18.1. The maximum absolute atomic E-state index is 13.2. The normalized spacial score (nSPS) is 14.6. The van der Waals surface area contributed by atoms with Gasteiger partial charge in [0.05, 0.1) is 16.2 Å². The number of carbonyl (C=O) groups excluding carboxylic acids is 2. The summed E-state index contributed by atoms with van der Waals surface area (Å²) in [6.45, 7) is 5.92. The Labute approximate surface area is 150 Å². The second-order valence-corrected chi connectivity index (χ2v) is 7.13. The number of halogens is 1. The third-order valence-electron chi connectivity index (χ3n) is 4.21. The number of thioether (sulfide) groups is 1. The first-order valence-electron chi connectivity index (χ1n) is 8.03. The first-order valence-corrected chi connectivity index (χ1v) is 9.01. The minimum atomic E-state index is -0.409. The maximum atomic E-state index is 13.2. The molecule has 25 heavy (non-hydrogen) atoms. The van der Waals surface area contributed by atoms with Gasteiger partial charge in [-0.3, -0.25) is 9.59 Å². The molecular formula is C20H18FNO2S. The Bertz CT molecular complexity index is 887. The molecule has 0 aliphatic carbocycles. The average molecular weight is 355 g/mol. The first-order chi connectivity index (χ1) is 11.9. The number of benzene rings is 2. The number of hydrogen-bond donors (Lipinski definition) is 0. The lowest BCUT2D eigenvalue weighted by atomic mass is 10.0. The fraction of sp³-hybridized carbons (Fsp3) is 0.200. The lowest BCUT2D eigenvalue weighted by Crippen LogP contribution is -2.31. The molecule has 0 saturated carbocycles. The smallest absolute Gasteiger partial charge is 0.268 e. The van der Waals surface area contributed by atoms with Crippen LogP contribution < -0.4 is 4.90 Å². The molecule has 1 heterocycles. The Morgan fingerprint density at radius 1 is 0.960 bits per heavy atom. The number of amides is 2. The molecular weight excluding hydrogens is 337 g/mol. The lowest BCUT2D eigenvalue weighted by Gasteiger charge is -2.15. The molecule has 2 aromatic rings. The van der Waals surface area contributed by atoms with Gasteiger partial charge in [0, 0.05) is 0 Å². The van der Waals surface area contributed by atoms with Gasteiger partial charge in [-0.1, -0.05) is 25.1 Å².